The van der Waals surface area contributed by atoms with Gasteiger partial charge in [0, 0.05) is 4.88 Å². The van der Waals surface area contributed by atoms with Crippen LogP contribution in [0.5, 0.6) is 0 Å². The minimum absolute atomic E-state index is 0.0256. The van der Waals surface area contributed by atoms with E-state index in [0.717, 1.165) is 17.9 Å². The maximum Gasteiger partial charge on any atom is 0.0952 e. The summed E-state index contributed by atoms with van der Waals surface area (Å²) < 4.78 is 1.93. The zero-order valence-corrected chi connectivity index (χ0v) is 8.66. The van der Waals surface area contributed by atoms with Crippen LogP contribution in [0.1, 0.15) is 16.3 Å². The molecule has 0 radical (unpaired) electrons. The van der Waals surface area contributed by atoms with Crippen molar-refractivity contribution in [3.63, 3.8) is 0 Å². The van der Waals surface area contributed by atoms with Crippen LogP contribution < -0.4 is 0 Å². The summed E-state index contributed by atoms with van der Waals surface area (Å²) in [6, 6.07) is 0. The third kappa shape index (κ3) is 1.69. The second kappa shape index (κ2) is 3.89. The average molecular weight is 209 g/mol. The molecule has 0 aliphatic carbocycles. The molecule has 0 atom stereocenters. The van der Waals surface area contributed by atoms with Crippen molar-refractivity contribution < 1.29 is 5.11 Å². The lowest BCUT2D eigenvalue weighted by atomic mass is 10.4. The van der Waals surface area contributed by atoms with Crippen LogP contribution in [0.25, 0.3) is 0 Å². The molecule has 2 aromatic heterocycles. The van der Waals surface area contributed by atoms with Crippen LogP contribution in [-0.4, -0.2) is 19.6 Å². The summed E-state index contributed by atoms with van der Waals surface area (Å²) in [7, 11) is 0. The molecule has 0 bridgehead atoms. The number of aryl methyl sites for hydroxylation is 1. The lowest BCUT2D eigenvalue weighted by Crippen LogP contribution is -2.02. The number of aromatic nitrogens is 3. The van der Waals surface area contributed by atoms with Crippen LogP contribution in [0.3, 0.4) is 0 Å². The molecule has 0 saturated heterocycles. The lowest BCUT2D eigenvalue weighted by molar-refractivity contribution is 0.271. The van der Waals surface area contributed by atoms with Gasteiger partial charge in [0.05, 0.1) is 42.6 Å². The minimum atomic E-state index is 0.0256. The Morgan fingerprint density at radius 1 is 1.57 bits per heavy atom. The van der Waals surface area contributed by atoms with E-state index in [9.17, 15) is 0 Å². The van der Waals surface area contributed by atoms with Gasteiger partial charge in [-0.1, -0.05) is 0 Å². The quantitative estimate of drug-likeness (QED) is 0.826. The average Bonchev–Trinajstić information content (AvgIpc) is 2.77. The maximum atomic E-state index is 9.03. The van der Waals surface area contributed by atoms with Crippen molar-refractivity contribution in [1.29, 1.82) is 0 Å². The van der Waals surface area contributed by atoms with E-state index in [4.69, 9.17) is 5.11 Å². The molecule has 2 rings (SSSR count). The number of hydrogen-bond donors (Lipinski definition) is 1. The van der Waals surface area contributed by atoms with Crippen molar-refractivity contribution in [2.75, 3.05) is 0 Å². The second-order valence-corrected chi connectivity index (χ2v) is 3.97. The van der Waals surface area contributed by atoms with Gasteiger partial charge in [0.1, 0.15) is 0 Å². The molecule has 5 heteroatoms. The molecule has 74 valence electrons. The molecule has 0 aliphatic heterocycles. The number of imidazole rings is 1. The Morgan fingerprint density at radius 2 is 2.43 bits per heavy atom. The van der Waals surface area contributed by atoms with Crippen molar-refractivity contribution in [1.82, 2.24) is 14.5 Å². The van der Waals surface area contributed by atoms with Gasteiger partial charge in [0.2, 0.25) is 0 Å². The first-order valence-corrected chi connectivity index (χ1v) is 5.18. The van der Waals surface area contributed by atoms with E-state index in [0.29, 0.717) is 0 Å². The van der Waals surface area contributed by atoms with Crippen LogP contribution in [0.2, 0.25) is 0 Å². The first-order valence-electron chi connectivity index (χ1n) is 4.30. The topological polar surface area (TPSA) is 50.9 Å². The Bertz CT molecular complexity index is 421. The van der Waals surface area contributed by atoms with Gasteiger partial charge in [0.15, 0.2) is 0 Å². The van der Waals surface area contributed by atoms with Crippen molar-refractivity contribution in [2.45, 2.75) is 20.1 Å². The summed E-state index contributed by atoms with van der Waals surface area (Å²) in [6.45, 7) is 2.76. The summed E-state index contributed by atoms with van der Waals surface area (Å²) in [5.74, 6) is 0. The summed E-state index contributed by atoms with van der Waals surface area (Å²) in [5.41, 5.74) is 3.71. The molecular weight excluding hydrogens is 198 g/mol. The van der Waals surface area contributed by atoms with E-state index in [1.807, 2.05) is 17.0 Å². The summed E-state index contributed by atoms with van der Waals surface area (Å²) >= 11 is 1.63. The molecule has 0 spiro atoms. The number of aliphatic hydroxyl groups excluding tert-OH is 1. The highest BCUT2D eigenvalue weighted by Crippen LogP contribution is 2.14. The van der Waals surface area contributed by atoms with E-state index >= 15 is 0 Å². The largest absolute Gasteiger partial charge is 0.390 e. The SMILES string of the molecule is Cc1ncsc1Cn1cncc1CO. The third-order valence-electron chi connectivity index (χ3n) is 2.12. The number of aliphatic hydroxyl groups is 1. The number of rotatable bonds is 3. The van der Waals surface area contributed by atoms with Crippen molar-refractivity contribution in [2.24, 2.45) is 0 Å². The molecule has 0 aliphatic rings. The zero-order chi connectivity index (χ0) is 9.97. The molecule has 14 heavy (non-hydrogen) atoms. The molecule has 0 fully saturated rings. The molecule has 2 aromatic rings. The van der Waals surface area contributed by atoms with E-state index in [2.05, 4.69) is 9.97 Å². The van der Waals surface area contributed by atoms with Gasteiger partial charge in [-0.05, 0) is 6.92 Å². The highest BCUT2D eigenvalue weighted by Gasteiger charge is 2.05. The van der Waals surface area contributed by atoms with Crippen LogP contribution in [0, 0.1) is 6.92 Å². The standard InChI is InChI=1S/C9H11N3OS/c1-7-9(14-6-11-7)3-12-5-10-2-8(12)4-13/h2,5-6,13H,3-4H2,1H3. The fourth-order valence-corrected chi connectivity index (χ4v) is 2.03. The molecule has 0 unspecified atom stereocenters. The van der Waals surface area contributed by atoms with Gasteiger partial charge in [0.25, 0.3) is 0 Å². The number of hydrogen-bond acceptors (Lipinski definition) is 4. The number of nitrogens with zero attached hydrogens (tertiary/aromatic N) is 3. The Kier molecular flexibility index (Phi) is 2.60. The van der Waals surface area contributed by atoms with Gasteiger partial charge in [-0.25, -0.2) is 9.97 Å². The van der Waals surface area contributed by atoms with Crippen molar-refractivity contribution >= 4 is 11.3 Å². The van der Waals surface area contributed by atoms with Crippen LogP contribution in [0.15, 0.2) is 18.0 Å². The first-order chi connectivity index (χ1) is 6.81. The predicted octanol–water partition coefficient (Wildman–Crippen LogP) is 1.19. The van der Waals surface area contributed by atoms with E-state index < -0.39 is 0 Å². The number of thiazole rings is 1. The zero-order valence-electron chi connectivity index (χ0n) is 7.84. The fraction of sp³-hybridized carbons (Fsp3) is 0.333. The Labute approximate surface area is 85.9 Å². The lowest BCUT2D eigenvalue weighted by Gasteiger charge is -2.04. The molecule has 2 heterocycles. The fourth-order valence-electron chi connectivity index (χ4n) is 1.25. The van der Waals surface area contributed by atoms with Crippen molar-refractivity contribution in [3.05, 3.63) is 34.3 Å². The van der Waals surface area contributed by atoms with Crippen LogP contribution in [0.4, 0.5) is 0 Å². The molecule has 4 nitrogen and oxygen atoms in total. The van der Waals surface area contributed by atoms with Crippen LogP contribution in [-0.2, 0) is 13.2 Å². The highest BCUT2D eigenvalue weighted by molar-refractivity contribution is 7.09. The molecule has 0 aromatic carbocycles. The predicted molar refractivity (Wildman–Crippen MR) is 54.1 cm³/mol. The van der Waals surface area contributed by atoms with Crippen molar-refractivity contribution in [3.8, 4) is 0 Å². The smallest absolute Gasteiger partial charge is 0.0952 e. The van der Waals surface area contributed by atoms with E-state index in [-0.39, 0.29) is 6.61 Å². The minimum Gasteiger partial charge on any atom is -0.390 e. The monoisotopic (exact) mass is 209 g/mol. The second-order valence-electron chi connectivity index (χ2n) is 3.03. The van der Waals surface area contributed by atoms with Gasteiger partial charge in [-0.15, -0.1) is 11.3 Å². The molecular formula is C9H11N3OS. The molecule has 0 amide bonds. The Hall–Kier alpha value is -1.20. The summed E-state index contributed by atoms with van der Waals surface area (Å²) in [5, 5.41) is 9.03. The van der Waals surface area contributed by atoms with E-state index in [1.54, 1.807) is 23.9 Å². The summed E-state index contributed by atoms with van der Waals surface area (Å²) in [4.78, 5) is 9.37. The maximum absolute atomic E-state index is 9.03. The first kappa shape index (κ1) is 9.36. The Balaban J connectivity index is 2.22. The van der Waals surface area contributed by atoms with Crippen LogP contribution >= 0.6 is 11.3 Å². The summed E-state index contributed by atoms with van der Waals surface area (Å²) in [6.07, 6.45) is 3.40. The highest BCUT2D eigenvalue weighted by atomic mass is 32.1. The Morgan fingerprint density at radius 3 is 3.07 bits per heavy atom. The molecule has 0 saturated carbocycles. The third-order valence-corrected chi connectivity index (χ3v) is 3.04. The van der Waals surface area contributed by atoms with Gasteiger partial charge in [-0.2, -0.15) is 0 Å². The normalized spacial score (nSPS) is 10.7. The van der Waals surface area contributed by atoms with Gasteiger partial charge < -0.3 is 9.67 Å². The molecule has 1 N–H and O–H groups in total. The van der Waals surface area contributed by atoms with Gasteiger partial charge >= 0.3 is 0 Å². The van der Waals surface area contributed by atoms with E-state index in [1.165, 1.54) is 4.88 Å². The van der Waals surface area contributed by atoms with Gasteiger partial charge in [-0.3, -0.25) is 0 Å².